The van der Waals surface area contributed by atoms with Gasteiger partial charge in [-0.15, -0.1) is 0 Å². The number of rotatable bonds is 4. The summed E-state index contributed by atoms with van der Waals surface area (Å²) in [6, 6.07) is 0.156. The van der Waals surface area contributed by atoms with E-state index in [1.54, 1.807) is 17.9 Å². The Balaban J connectivity index is 2.59. The first kappa shape index (κ1) is 13.3. The van der Waals surface area contributed by atoms with Crippen LogP contribution in [0.3, 0.4) is 0 Å². The summed E-state index contributed by atoms with van der Waals surface area (Å²) in [6.45, 7) is 6.19. The van der Waals surface area contributed by atoms with Crippen LogP contribution in [0.1, 0.15) is 31.1 Å². The lowest BCUT2D eigenvalue weighted by Crippen LogP contribution is -2.23. The highest BCUT2D eigenvalue weighted by molar-refractivity contribution is 6.03. The Morgan fingerprint density at radius 2 is 2.05 bits per heavy atom. The lowest BCUT2D eigenvalue weighted by molar-refractivity contribution is 0.0697. The van der Waals surface area contributed by atoms with Gasteiger partial charge in [0.1, 0.15) is 5.56 Å². The molecule has 2 aromatic rings. The molecule has 19 heavy (non-hydrogen) atoms. The summed E-state index contributed by atoms with van der Waals surface area (Å²) in [7, 11) is 1.78. The van der Waals surface area contributed by atoms with Crippen molar-refractivity contribution in [2.45, 2.75) is 26.8 Å². The number of hydrogen-bond donors (Lipinski definition) is 2. The quantitative estimate of drug-likeness (QED) is 0.882. The number of carboxylic acid groups (broad SMARTS) is 1. The van der Waals surface area contributed by atoms with E-state index >= 15 is 0 Å². The maximum absolute atomic E-state index is 11.3. The second-order valence-corrected chi connectivity index (χ2v) is 5.03. The molecule has 0 aliphatic rings. The lowest BCUT2D eigenvalue weighted by Gasteiger charge is -2.20. The Morgan fingerprint density at radius 1 is 1.37 bits per heavy atom. The van der Waals surface area contributed by atoms with Crippen molar-refractivity contribution in [3.05, 3.63) is 18.0 Å². The number of aromatic carboxylic acids is 1. The van der Waals surface area contributed by atoms with Crippen molar-refractivity contribution in [3.8, 4) is 0 Å². The maximum Gasteiger partial charge on any atom is 0.339 e. The number of pyridine rings is 1. The lowest BCUT2D eigenvalue weighted by atomic mass is 10.0. The minimum atomic E-state index is -0.989. The zero-order valence-electron chi connectivity index (χ0n) is 11.5. The molecule has 2 heterocycles. The van der Waals surface area contributed by atoms with Crippen LogP contribution in [0.4, 0.5) is 5.69 Å². The van der Waals surface area contributed by atoms with E-state index in [1.807, 2.05) is 6.92 Å². The molecule has 0 saturated carbocycles. The smallest absolute Gasteiger partial charge is 0.339 e. The number of anilines is 1. The third-order valence-corrected chi connectivity index (χ3v) is 3.36. The highest BCUT2D eigenvalue weighted by Gasteiger charge is 2.19. The van der Waals surface area contributed by atoms with Crippen LogP contribution in [-0.2, 0) is 7.05 Å². The van der Waals surface area contributed by atoms with Crippen molar-refractivity contribution >= 4 is 22.7 Å². The van der Waals surface area contributed by atoms with Gasteiger partial charge < -0.3 is 10.4 Å². The van der Waals surface area contributed by atoms with Crippen LogP contribution in [-0.4, -0.2) is 31.9 Å². The highest BCUT2D eigenvalue weighted by Crippen LogP contribution is 2.27. The Morgan fingerprint density at radius 3 is 2.63 bits per heavy atom. The monoisotopic (exact) mass is 262 g/mol. The average Bonchev–Trinajstić information content (AvgIpc) is 2.71. The maximum atomic E-state index is 11.3. The van der Waals surface area contributed by atoms with Crippen molar-refractivity contribution in [1.29, 1.82) is 0 Å². The van der Waals surface area contributed by atoms with Crippen LogP contribution in [0.15, 0.2) is 12.4 Å². The van der Waals surface area contributed by atoms with Gasteiger partial charge in [-0.05, 0) is 12.8 Å². The molecule has 0 bridgehead atoms. The predicted molar refractivity (Wildman–Crippen MR) is 73.4 cm³/mol. The predicted octanol–water partition coefficient (Wildman–Crippen LogP) is 2.12. The highest BCUT2D eigenvalue weighted by atomic mass is 16.4. The molecule has 0 spiro atoms. The number of carbonyl (C=O) groups is 1. The van der Waals surface area contributed by atoms with Crippen molar-refractivity contribution in [2.75, 3.05) is 5.32 Å². The van der Waals surface area contributed by atoms with Gasteiger partial charge in [-0.3, -0.25) is 4.68 Å². The molecular formula is C13H18N4O2. The summed E-state index contributed by atoms with van der Waals surface area (Å²) in [4.78, 5) is 15.5. The molecule has 1 atom stereocenters. The van der Waals surface area contributed by atoms with Gasteiger partial charge in [0, 0.05) is 19.3 Å². The summed E-state index contributed by atoms with van der Waals surface area (Å²) < 4.78 is 1.63. The van der Waals surface area contributed by atoms with Crippen LogP contribution in [0.5, 0.6) is 0 Å². The van der Waals surface area contributed by atoms with E-state index in [4.69, 9.17) is 0 Å². The molecule has 0 aliphatic heterocycles. The van der Waals surface area contributed by atoms with E-state index in [-0.39, 0.29) is 11.6 Å². The van der Waals surface area contributed by atoms with Crippen LogP contribution >= 0.6 is 0 Å². The van der Waals surface area contributed by atoms with Crippen LogP contribution in [0, 0.1) is 5.92 Å². The fourth-order valence-corrected chi connectivity index (χ4v) is 1.81. The summed E-state index contributed by atoms with van der Waals surface area (Å²) in [6.07, 6.45) is 3.02. The van der Waals surface area contributed by atoms with Crippen molar-refractivity contribution < 1.29 is 9.90 Å². The Kier molecular flexibility index (Phi) is 3.42. The fourth-order valence-electron chi connectivity index (χ4n) is 1.81. The number of aromatic nitrogens is 3. The molecular weight excluding hydrogens is 244 g/mol. The van der Waals surface area contributed by atoms with Gasteiger partial charge in [0.05, 0.1) is 17.3 Å². The molecule has 6 nitrogen and oxygen atoms in total. The van der Waals surface area contributed by atoms with E-state index < -0.39 is 5.97 Å². The van der Waals surface area contributed by atoms with E-state index in [9.17, 15) is 9.90 Å². The Bertz CT molecular complexity index is 618. The summed E-state index contributed by atoms with van der Waals surface area (Å²) in [5.74, 6) is -0.599. The summed E-state index contributed by atoms with van der Waals surface area (Å²) >= 11 is 0. The molecule has 0 saturated heterocycles. The van der Waals surface area contributed by atoms with Gasteiger partial charge in [0.25, 0.3) is 0 Å². The molecule has 0 aliphatic carbocycles. The first-order valence-electron chi connectivity index (χ1n) is 6.22. The standard InChI is InChI=1S/C13H18N4O2/c1-7(2)8(3)16-11-9-6-15-17(4)12(9)14-5-10(11)13(18)19/h5-8H,1-4H3,(H,14,16)(H,18,19). The van der Waals surface area contributed by atoms with E-state index in [0.717, 1.165) is 5.39 Å². The number of nitrogens with zero attached hydrogens (tertiary/aromatic N) is 3. The van der Waals surface area contributed by atoms with E-state index in [0.29, 0.717) is 17.3 Å². The zero-order chi connectivity index (χ0) is 14.2. The average molecular weight is 262 g/mol. The summed E-state index contributed by atoms with van der Waals surface area (Å²) in [5.41, 5.74) is 1.43. The molecule has 102 valence electrons. The van der Waals surface area contributed by atoms with Crippen LogP contribution in [0.25, 0.3) is 11.0 Å². The summed E-state index contributed by atoms with van der Waals surface area (Å²) in [5, 5.41) is 17.4. The SMILES string of the molecule is CC(C)C(C)Nc1c(C(=O)O)cnc2c1cnn2C. The number of fused-ring (bicyclic) bond motifs is 1. The largest absolute Gasteiger partial charge is 0.478 e. The topological polar surface area (TPSA) is 80.0 Å². The van der Waals surface area contributed by atoms with Gasteiger partial charge in [-0.2, -0.15) is 5.10 Å². The molecule has 0 amide bonds. The molecule has 6 heteroatoms. The first-order valence-corrected chi connectivity index (χ1v) is 6.22. The minimum Gasteiger partial charge on any atom is -0.478 e. The molecule has 2 N–H and O–H groups in total. The third kappa shape index (κ3) is 2.38. The van der Waals surface area contributed by atoms with Gasteiger partial charge >= 0.3 is 5.97 Å². The third-order valence-electron chi connectivity index (χ3n) is 3.36. The van der Waals surface area contributed by atoms with E-state index in [2.05, 4.69) is 29.2 Å². The van der Waals surface area contributed by atoms with Crippen LogP contribution < -0.4 is 5.32 Å². The Hall–Kier alpha value is -2.11. The van der Waals surface area contributed by atoms with Gasteiger partial charge in [-0.25, -0.2) is 9.78 Å². The molecule has 0 radical (unpaired) electrons. The molecule has 1 unspecified atom stereocenters. The zero-order valence-corrected chi connectivity index (χ0v) is 11.5. The molecule has 2 rings (SSSR count). The van der Waals surface area contributed by atoms with Crippen molar-refractivity contribution in [2.24, 2.45) is 13.0 Å². The fraction of sp³-hybridized carbons (Fsp3) is 0.462. The number of hydrogen-bond acceptors (Lipinski definition) is 4. The van der Waals surface area contributed by atoms with Gasteiger partial charge in [-0.1, -0.05) is 13.8 Å². The molecule has 0 aromatic carbocycles. The van der Waals surface area contributed by atoms with E-state index in [1.165, 1.54) is 6.20 Å². The number of carboxylic acids is 1. The normalized spacial score (nSPS) is 12.9. The number of aryl methyl sites for hydroxylation is 1. The van der Waals surface area contributed by atoms with Crippen molar-refractivity contribution in [3.63, 3.8) is 0 Å². The second-order valence-electron chi connectivity index (χ2n) is 5.03. The molecule has 0 fully saturated rings. The van der Waals surface area contributed by atoms with Gasteiger partial charge in [0.15, 0.2) is 5.65 Å². The Labute approximate surface area is 111 Å². The number of nitrogens with one attached hydrogen (secondary N) is 1. The first-order chi connectivity index (χ1) is 8.91. The van der Waals surface area contributed by atoms with Gasteiger partial charge in [0.2, 0.25) is 0 Å². The second kappa shape index (κ2) is 4.87. The molecule has 2 aromatic heterocycles. The van der Waals surface area contributed by atoms with Crippen LogP contribution in [0.2, 0.25) is 0 Å². The minimum absolute atomic E-state index is 0.156. The van der Waals surface area contributed by atoms with Crippen molar-refractivity contribution in [1.82, 2.24) is 14.8 Å².